The van der Waals surface area contributed by atoms with Crippen molar-refractivity contribution in [2.75, 3.05) is 12.4 Å². The number of aromatic hydroxyl groups is 1. The van der Waals surface area contributed by atoms with Crippen molar-refractivity contribution in [2.24, 2.45) is 0 Å². The van der Waals surface area contributed by atoms with E-state index in [1.807, 2.05) is 6.07 Å². The minimum Gasteiger partial charge on any atom is -0.507 e. The van der Waals surface area contributed by atoms with Gasteiger partial charge in [0.2, 0.25) is 0 Å². The number of methoxy groups -OCH3 is 1. The number of para-hydroxylation sites is 2. The number of hydrogen-bond acceptors (Lipinski definition) is 4. The molecule has 0 aromatic heterocycles. The molecule has 0 aliphatic rings. The fourth-order valence-corrected chi connectivity index (χ4v) is 2.26. The number of phenolic OH excluding ortho intramolecular Hbond substituents is 1. The summed E-state index contributed by atoms with van der Waals surface area (Å²) in [7, 11) is 1.50. The quantitative estimate of drug-likeness (QED) is 0.632. The topological polar surface area (TPSA) is 82.3 Å². The number of anilines is 1. The molecule has 0 saturated heterocycles. The first-order valence-corrected chi connectivity index (χ1v) is 7.39. The van der Waals surface area contributed by atoms with Gasteiger partial charge in [0, 0.05) is 0 Å². The van der Waals surface area contributed by atoms with Gasteiger partial charge >= 0.3 is 0 Å². The molecule has 6 heteroatoms. The van der Waals surface area contributed by atoms with Crippen LogP contribution in [-0.4, -0.2) is 18.1 Å². The average molecular weight is 373 g/mol. The van der Waals surface area contributed by atoms with E-state index >= 15 is 0 Å². The largest absolute Gasteiger partial charge is 0.507 e. The van der Waals surface area contributed by atoms with E-state index in [1.165, 1.54) is 19.3 Å². The third-order valence-corrected chi connectivity index (χ3v) is 3.64. The second-order valence-electron chi connectivity index (χ2n) is 4.54. The molecule has 0 unspecified atom stereocenters. The number of ether oxygens (including phenoxy) is 1. The number of rotatable bonds is 4. The Labute approximate surface area is 142 Å². The van der Waals surface area contributed by atoms with Crippen LogP contribution in [0.4, 0.5) is 5.69 Å². The lowest BCUT2D eigenvalue weighted by molar-refractivity contribution is -0.112. The SMILES string of the molecule is COc1ccccc1NC(=O)/C(C#N)=C\c1ccc(O)c(Br)c1. The van der Waals surface area contributed by atoms with Crippen LogP contribution in [-0.2, 0) is 4.79 Å². The molecule has 0 aliphatic heterocycles. The fraction of sp³-hybridized carbons (Fsp3) is 0.0588. The van der Waals surface area contributed by atoms with Crippen LogP contribution in [0.3, 0.4) is 0 Å². The molecule has 2 N–H and O–H groups in total. The molecule has 0 radical (unpaired) electrons. The molecule has 0 spiro atoms. The van der Waals surface area contributed by atoms with E-state index in [9.17, 15) is 15.2 Å². The van der Waals surface area contributed by atoms with Crippen molar-refractivity contribution in [3.63, 3.8) is 0 Å². The van der Waals surface area contributed by atoms with Crippen molar-refractivity contribution in [3.8, 4) is 17.6 Å². The van der Waals surface area contributed by atoms with Crippen LogP contribution in [0.15, 0.2) is 52.5 Å². The van der Waals surface area contributed by atoms with Gasteiger partial charge in [0.15, 0.2) is 0 Å². The highest BCUT2D eigenvalue weighted by Gasteiger charge is 2.12. The van der Waals surface area contributed by atoms with Crippen molar-refractivity contribution in [3.05, 3.63) is 58.1 Å². The summed E-state index contributed by atoms with van der Waals surface area (Å²) < 4.78 is 5.64. The molecule has 2 aromatic rings. The summed E-state index contributed by atoms with van der Waals surface area (Å²) in [6, 6.07) is 13.5. The first-order chi connectivity index (χ1) is 11.0. The normalized spacial score (nSPS) is 10.7. The highest BCUT2D eigenvalue weighted by molar-refractivity contribution is 9.10. The summed E-state index contributed by atoms with van der Waals surface area (Å²) in [5.41, 5.74) is 1.03. The smallest absolute Gasteiger partial charge is 0.266 e. The minimum absolute atomic E-state index is 0.0616. The second kappa shape index (κ2) is 7.47. The monoisotopic (exact) mass is 372 g/mol. The van der Waals surface area contributed by atoms with Gasteiger partial charge in [-0.2, -0.15) is 5.26 Å². The summed E-state index contributed by atoms with van der Waals surface area (Å²) in [4.78, 5) is 12.2. The Morgan fingerprint density at radius 2 is 2.09 bits per heavy atom. The van der Waals surface area contributed by atoms with E-state index in [0.29, 0.717) is 21.5 Å². The lowest BCUT2D eigenvalue weighted by Gasteiger charge is -2.09. The Bertz CT molecular complexity index is 810. The number of hydrogen-bond donors (Lipinski definition) is 2. The van der Waals surface area contributed by atoms with Crippen LogP contribution >= 0.6 is 15.9 Å². The molecule has 5 nitrogen and oxygen atoms in total. The fourth-order valence-electron chi connectivity index (χ4n) is 1.87. The predicted molar refractivity (Wildman–Crippen MR) is 91.0 cm³/mol. The molecule has 0 fully saturated rings. The molecule has 0 saturated carbocycles. The lowest BCUT2D eigenvalue weighted by atomic mass is 10.1. The number of halogens is 1. The molecule has 116 valence electrons. The first-order valence-electron chi connectivity index (χ1n) is 6.60. The third-order valence-electron chi connectivity index (χ3n) is 3.00. The maximum absolute atomic E-state index is 12.2. The van der Waals surface area contributed by atoms with Crippen LogP contribution in [0.1, 0.15) is 5.56 Å². The average Bonchev–Trinajstić information content (AvgIpc) is 2.56. The number of amides is 1. The van der Waals surface area contributed by atoms with Crippen LogP contribution < -0.4 is 10.1 Å². The third kappa shape index (κ3) is 4.11. The predicted octanol–water partition coefficient (Wildman–Crippen LogP) is 3.71. The van der Waals surface area contributed by atoms with Gasteiger partial charge in [-0.15, -0.1) is 0 Å². The molecule has 2 aromatic carbocycles. The van der Waals surface area contributed by atoms with Crippen LogP contribution in [0.25, 0.3) is 6.08 Å². The molecular weight excluding hydrogens is 360 g/mol. The summed E-state index contributed by atoms with van der Waals surface area (Å²) in [6.07, 6.45) is 1.44. The summed E-state index contributed by atoms with van der Waals surface area (Å²) in [5, 5.41) is 21.3. The van der Waals surface area contributed by atoms with Gasteiger partial charge < -0.3 is 15.2 Å². The molecule has 0 atom stereocenters. The van der Waals surface area contributed by atoms with E-state index < -0.39 is 5.91 Å². The standard InChI is InChI=1S/C17H13BrN2O3/c1-23-16-5-3-2-4-14(16)20-17(22)12(10-19)8-11-6-7-15(21)13(18)9-11/h2-9,21H,1H3,(H,20,22)/b12-8-. The molecular formula is C17H13BrN2O3. The zero-order valence-electron chi connectivity index (χ0n) is 12.2. The van der Waals surface area contributed by atoms with Gasteiger partial charge in [-0.05, 0) is 51.8 Å². The highest BCUT2D eigenvalue weighted by Crippen LogP contribution is 2.26. The zero-order valence-corrected chi connectivity index (χ0v) is 13.8. The van der Waals surface area contributed by atoms with Gasteiger partial charge in [-0.25, -0.2) is 0 Å². The molecule has 0 heterocycles. The number of carbonyl (C=O) groups is 1. The maximum atomic E-state index is 12.2. The van der Waals surface area contributed by atoms with E-state index in [4.69, 9.17) is 4.74 Å². The van der Waals surface area contributed by atoms with E-state index in [0.717, 1.165) is 0 Å². The van der Waals surface area contributed by atoms with E-state index in [1.54, 1.807) is 36.4 Å². The number of benzene rings is 2. The van der Waals surface area contributed by atoms with Gasteiger partial charge in [-0.1, -0.05) is 18.2 Å². The molecule has 2 rings (SSSR count). The van der Waals surface area contributed by atoms with Crippen molar-refractivity contribution >= 4 is 33.6 Å². The molecule has 0 aliphatic carbocycles. The maximum Gasteiger partial charge on any atom is 0.266 e. The summed E-state index contributed by atoms with van der Waals surface area (Å²) in [5.74, 6) is 0.0471. The number of nitriles is 1. The van der Waals surface area contributed by atoms with Crippen molar-refractivity contribution in [2.45, 2.75) is 0 Å². The van der Waals surface area contributed by atoms with Crippen LogP contribution in [0.5, 0.6) is 11.5 Å². The Hall–Kier alpha value is -2.78. The van der Waals surface area contributed by atoms with Crippen molar-refractivity contribution in [1.29, 1.82) is 5.26 Å². The van der Waals surface area contributed by atoms with Gasteiger partial charge in [0.05, 0.1) is 17.3 Å². The first kappa shape index (κ1) is 16.6. The van der Waals surface area contributed by atoms with E-state index in [-0.39, 0.29) is 11.3 Å². The molecule has 23 heavy (non-hydrogen) atoms. The second-order valence-corrected chi connectivity index (χ2v) is 5.39. The lowest BCUT2D eigenvalue weighted by Crippen LogP contribution is -2.14. The molecule has 0 bridgehead atoms. The Balaban J connectivity index is 2.26. The number of nitrogens with one attached hydrogen (secondary N) is 1. The Kier molecular flexibility index (Phi) is 5.39. The Morgan fingerprint density at radius 1 is 1.35 bits per heavy atom. The zero-order chi connectivity index (χ0) is 16.8. The van der Waals surface area contributed by atoms with Gasteiger partial charge in [0.25, 0.3) is 5.91 Å². The van der Waals surface area contributed by atoms with Crippen molar-refractivity contribution in [1.82, 2.24) is 0 Å². The van der Waals surface area contributed by atoms with Crippen LogP contribution in [0, 0.1) is 11.3 Å². The summed E-state index contributed by atoms with van der Waals surface area (Å²) >= 11 is 3.19. The number of phenols is 1. The number of nitrogens with zero attached hydrogens (tertiary/aromatic N) is 1. The Morgan fingerprint density at radius 3 is 2.74 bits per heavy atom. The minimum atomic E-state index is -0.541. The van der Waals surface area contributed by atoms with Gasteiger partial charge in [0.1, 0.15) is 23.1 Å². The summed E-state index contributed by atoms with van der Waals surface area (Å²) in [6.45, 7) is 0. The molecule has 1 amide bonds. The van der Waals surface area contributed by atoms with Crippen LogP contribution in [0.2, 0.25) is 0 Å². The van der Waals surface area contributed by atoms with E-state index in [2.05, 4.69) is 21.2 Å². The van der Waals surface area contributed by atoms with Crippen molar-refractivity contribution < 1.29 is 14.6 Å². The highest BCUT2D eigenvalue weighted by atomic mass is 79.9. The van der Waals surface area contributed by atoms with Gasteiger partial charge in [-0.3, -0.25) is 4.79 Å². The number of carbonyl (C=O) groups excluding carboxylic acids is 1.